The smallest absolute Gasteiger partial charge is 0.253 e. The molecule has 2 N–H and O–H groups in total. The highest BCUT2D eigenvalue weighted by atomic mass is 35.5. The Morgan fingerprint density at radius 1 is 1.42 bits per heavy atom. The van der Waals surface area contributed by atoms with Crippen LogP contribution in [-0.2, 0) is 11.3 Å². The van der Waals surface area contributed by atoms with Gasteiger partial charge >= 0.3 is 0 Å². The zero-order chi connectivity index (χ0) is 13.0. The average Bonchev–Trinajstić information content (AvgIpc) is 2.63. The van der Waals surface area contributed by atoms with Gasteiger partial charge < -0.3 is 15.4 Å². The topological polar surface area (TPSA) is 55.6 Å². The van der Waals surface area contributed by atoms with Crippen LogP contribution in [0.2, 0.25) is 0 Å². The lowest BCUT2D eigenvalue weighted by Gasteiger charge is -2.22. The molecular weight excluding hydrogens is 264 g/mol. The van der Waals surface area contributed by atoms with Crippen molar-refractivity contribution in [1.29, 1.82) is 0 Å². The van der Waals surface area contributed by atoms with Crippen LogP contribution in [0.25, 0.3) is 0 Å². The van der Waals surface area contributed by atoms with E-state index in [-0.39, 0.29) is 24.4 Å². The van der Waals surface area contributed by atoms with Crippen LogP contribution in [-0.4, -0.2) is 36.6 Å². The summed E-state index contributed by atoms with van der Waals surface area (Å²) in [6.45, 7) is 4.67. The largest absolute Gasteiger partial charge is 0.377 e. The minimum absolute atomic E-state index is 0. The standard InChI is InChI=1S/C14H20N2O2.ClH/c1-11-10-16(7-2-8-18-11)14(17)13-5-3-12(9-15)4-6-13;/h3-6,11H,2,7-10,15H2,1H3;1H. The maximum atomic E-state index is 12.3. The van der Waals surface area contributed by atoms with Crippen molar-refractivity contribution in [3.8, 4) is 0 Å². The molecule has 0 radical (unpaired) electrons. The summed E-state index contributed by atoms with van der Waals surface area (Å²) in [5.74, 6) is 0.0796. The molecule has 0 spiro atoms. The van der Waals surface area contributed by atoms with Crippen molar-refractivity contribution in [2.75, 3.05) is 19.7 Å². The normalized spacial score (nSPS) is 19.5. The van der Waals surface area contributed by atoms with E-state index in [0.717, 1.165) is 30.7 Å². The maximum absolute atomic E-state index is 12.3. The van der Waals surface area contributed by atoms with Gasteiger partial charge in [0.15, 0.2) is 0 Å². The molecule has 1 aliphatic rings. The van der Waals surface area contributed by atoms with Gasteiger partial charge in [-0.3, -0.25) is 4.79 Å². The monoisotopic (exact) mass is 284 g/mol. The zero-order valence-electron chi connectivity index (χ0n) is 11.2. The number of halogens is 1. The van der Waals surface area contributed by atoms with Gasteiger partial charge in [0.05, 0.1) is 6.10 Å². The van der Waals surface area contributed by atoms with Gasteiger partial charge in [-0.2, -0.15) is 0 Å². The molecule has 4 nitrogen and oxygen atoms in total. The minimum atomic E-state index is 0. The molecule has 1 fully saturated rings. The molecule has 5 heteroatoms. The van der Waals surface area contributed by atoms with Crippen molar-refractivity contribution in [3.63, 3.8) is 0 Å². The number of carbonyl (C=O) groups excluding carboxylic acids is 1. The second-order valence-electron chi connectivity index (χ2n) is 4.69. The van der Waals surface area contributed by atoms with Crippen LogP contribution in [0.1, 0.15) is 29.3 Å². The van der Waals surface area contributed by atoms with Gasteiger partial charge in [0, 0.05) is 31.8 Å². The van der Waals surface area contributed by atoms with Crippen LogP contribution < -0.4 is 5.73 Å². The van der Waals surface area contributed by atoms with Crippen LogP contribution in [0.5, 0.6) is 0 Å². The summed E-state index contributed by atoms with van der Waals surface area (Å²) in [5.41, 5.74) is 7.31. The van der Waals surface area contributed by atoms with Crippen molar-refractivity contribution in [3.05, 3.63) is 35.4 Å². The molecule has 1 aliphatic heterocycles. The molecule has 1 atom stereocenters. The molecule has 19 heavy (non-hydrogen) atoms. The lowest BCUT2D eigenvalue weighted by atomic mass is 10.1. The summed E-state index contributed by atoms with van der Waals surface area (Å²) in [6.07, 6.45) is 1.01. The van der Waals surface area contributed by atoms with Crippen molar-refractivity contribution < 1.29 is 9.53 Å². The van der Waals surface area contributed by atoms with Crippen molar-refractivity contribution in [1.82, 2.24) is 4.90 Å². The fourth-order valence-electron chi connectivity index (χ4n) is 2.14. The van der Waals surface area contributed by atoms with Crippen LogP contribution >= 0.6 is 12.4 Å². The lowest BCUT2D eigenvalue weighted by molar-refractivity contribution is 0.0562. The molecule has 1 aromatic carbocycles. The number of rotatable bonds is 2. The molecule has 0 saturated carbocycles. The van der Waals surface area contributed by atoms with E-state index >= 15 is 0 Å². The van der Waals surface area contributed by atoms with Gasteiger partial charge in [0.1, 0.15) is 0 Å². The third-order valence-corrected chi connectivity index (χ3v) is 3.18. The van der Waals surface area contributed by atoms with E-state index in [4.69, 9.17) is 10.5 Å². The molecule has 1 amide bonds. The molecule has 0 aromatic heterocycles. The Balaban J connectivity index is 0.00000180. The molecule has 2 rings (SSSR count). The first-order valence-corrected chi connectivity index (χ1v) is 6.40. The molecule has 1 aromatic rings. The Morgan fingerprint density at radius 2 is 2.11 bits per heavy atom. The number of hydrogen-bond donors (Lipinski definition) is 1. The SMILES string of the molecule is CC1CN(C(=O)c2ccc(CN)cc2)CCCO1.Cl. The lowest BCUT2D eigenvalue weighted by Crippen LogP contribution is -2.35. The number of benzene rings is 1. The minimum Gasteiger partial charge on any atom is -0.377 e. The summed E-state index contributed by atoms with van der Waals surface area (Å²) >= 11 is 0. The maximum Gasteiger partial charge on any atom is 0.253 e. The van der Waals surface area contributed by atoms with Crippen LogP contribution in [0.15, 0.2) is 24.3 Å². The fourth-order valence-corrected chi connectivity index (χ4v) is 2.14. The highest BCUT2D eigenvalue weighted by molar-refractivity contribution is 5.94. The van der Waals surface area contributed by atoms with E-state index in [9.17, 15) is 4.79 Å². The Hall–Kier alpha value is -1.10. The van der Waals surface area contributed by atoms with Crippen LogP contribution in [0.4, 0.5) is 0 Å². The molecule has 106 valence electrons. The van der Waals surface area contributed by atoms with Crippen molar-refractivity contribution in [2.24, 2.45) is 5.73 Å². The van der Waals surface area contributed by atoms with Gasteiger partial charge in [-0.1, -0.05) is 12.1 Å². The summed E-state index contributed by atoms with van der Waals surface area (Å²) in [6, 6.07) is 7.51. The fraction of sp³-hybridized carbons (Fsp3) is 0.500. The van der Waals surface area contributed by atoms with E-state index in [1.807, 2.05) is 36.1 Å². The van der Waals surface area contributed by atoms with E-state index in [1.165, 1.54) is 0 Å². The van der Waals surface area contributed by atoms with Gasteiger partial charge in [0.25, 0.3) is 5.91 Å². The highest BCUT2D eigenvalue weighted by Crippen LogP contribution is 2.11. The van der Waals surface area contributed by atoms with Gasteiger partial charge in [-0.05, 0) is 31.0 Å². The summed E-state index contributed by atoms with van der Waals surface area (Å²) < 4.78 is 5.55. The quantitative estimate of drug-likeness (QED) is 0.901. The Morgan fingerprint density at radius 3 is 2.74 bits per heavy atom. The number of nitrogens with two attached hydrogens (primary N) is 1. The van der Waals surface area contributed by atoms with Gasteiger partial charge in [0.2, 0.25) is 0 Å². The third kappa shape index (κ3) is 4.20. The van der Waals surface area contributed by atoms with Crippen LogP contribution in [0, 0.1) is 0 Å². The molecular formula is C14H21ClN2O2. The number of amides is 1. The molecule has 1 unspecified atom stereocenters. The van der Waals surface area contributed by atoms with E-state index in [0.29, 0.717) is 13.1 Å². The molecule has 0 aliphatic carbocycles. The predicted molar refractivity (Wildman–Crippen MR) is 77.5 cm³/mol. The zero-order valence-corrected chi connectivity index (χ0v) is 12.0. The second kappa shape index (κ2) is 7.48. The van der Waals surface area contributed by atoms with E-state index in [1.54, 1.807) is 0 Å². The average molecular weight is 285 g/mol. The van der Waals surface area contributed by atoms with Crippen LogP contribution in [0.3, 0.4) is 0 Å². The van der Waals surface area contributed by atoms with Gasteiger partial charge in [-0.25, -0.2) is 0 Å². The first-order valence-electron chi connectivity index (χ1n) is 6.40. The summed E-state index contributed by atoms with van der Waals surface area (Å²) in [5, 5.41) is 0. The summed E-state index contributed by atoms with van der Waals surface area (Å²) in [4.78, 5) is 14.2. The molecule has 1 heterocycles. The second-order valence-corrected chi connectivity index (χ2v) is 4.69. The first kappa shape index (κ1) is 16.0. The Labute approximate surface area is 120 Å². The molecule has 1 saturated heterocycles. The van der Waals surface area contributed by atoms with E-state index in [2.05, 4.69) is 0 Å². The molecule has 0 bridgehead atoms. The van der Waals surface area contributed by atoms with Crippen molar-refractivity contribution in [2.45, 2.75) is 26.0 Å². The Kier molecular flexibility index (Phi) is 6.28. The highest BCUT2D eigenvalue weighted by Gasteiger charge is 2.20. The van der Waals surface area contributed by atoms with Gasteiger partial charge in [-0.15, -0.1) is 12.4 Å². The number of ether oxygens (including phenoxy) is 1. The van der Waals surface area contributed by atoms with Crippen molar-refractivity contribution >= 4 is 18.3 Å². The Bertz CT molecular complexity index is 408. The number of hydrogen-bond acceptors (Lipinski definition) is 3. The number of nitrogens with zero attached hydrogens (tertiary/aromatic N) is 1. The summed E-state index contributed by atoms with van der Waals surface area (Å²) in [7, 11) is 0. The first-order chi connectivity index (χ1) is 8.70. The predicted octanol–water partition coefficient (Wildman–Crippen LogP) is 1.82. The number of carbonyl (C=O) groups is 1. The third-order valence-electron chi connectivity index (χ3n) is 3.18. The van der Waals surface area contributed by atoms with E-state index < -0.39 is 0 Å².